The third kappa shape index (κ3) is 2.73. The molecule has 0 aliphatic rings. The van der Waals surface area contributed by atoms with Crippen molar-refractivity contribution in [2.75, 3.05) is 0 Å². The molecule has 0 saturated heterocycles. The molecule has 1 nitrogen and oxygen atoms in total. The van der Waals surface area contributed by atoms with E-state index in [1.807, 2.05) is 6.07 Å². The van der Waals surface area contributed by atoms with Gasteiger partial charge in [-0.25, -0.2) is 4.39 Å². The van der Waals surface area contributed by atoms with Crippen molar-refractivity contribution in [2.45, 2.75) is 26.7 Å². The predicted molar refractivity (Wildman–Crippen MR) is 76.0 cm³/mol. The van der Waals surface area contributed by atoms with Crippen molar-refractivity contribution in [3.8, 4) is 11.1 Å². The Kier molecular flexibility index (Phi) is 4.10. The number of aldehydes is 1. The van der Waals surface area contributed by atoms with Crippen molar-refractivity contribution in [1.29, 1.82) is 0 Å². The first-order chi connectivity index (χ1) is 9.19. The summed E-state index contributed by atoms with van der Waals surface area (Å²) in [5, 5.41) is 0. The molecule has 0 amide bonds. The second kappa shape index (κ2) is 5.79. The van der Waals surface area contributed by atoms with Crippen LogP contribution in [-0.2, 0) is 12.8 Å². The lowest BCUT2D eigenvalue weighted by molar-refractivity contribution is 0.112. The third-order valence-corrected chi connectivity index (χ3v) is 3.43. The quantitative estimate of drug-likeness (QED) is 0.739. The summed E-state index contributed by atoms with van der Waals surface area (Å²) in [7, 11) is 0. The van der Waals surface area contributed by atoms with Crippen LogP contribution in [0.2, 0.25) is 0 Å². The van der Waals surface area contributed by atoms with Gasteiger partial charge in [0.2, 0.25) is 0 Å². The molecule has 2 heteroatoms. The fourth-order valence-corrected chi connectivity index (χ4v) is 2.28. The maximum Gasteiger partial charge on any atom is 0.152 e. The smallest absolute Gasteiger partial charge is 0.152 e. The van der Waals surface area contributed by atoms with Gasteiger partial charge in [0.05, 0.1) is 5.56 Å². The van der Waals surface area contributed by atoms with Gasteiger partial charge in [-0.1, -0.05) is 38.1 Å². The number of carbonyl (C=O) groups is 1. The molecule has 2 aromatic rings. The second-order valence-electron chi connectivity index (χ2n) is 4.54. The molecule has 0 fully saturated rings. The van der Waals surface area contributed by atoms with Crippen LogP contribution < -0.4 is 0 Å². The lowest BCUT2D eigenvalue weighted by atomic mass is 9.96. The molecule has 0 unspecified atom stereocenters. The third-order valence-electron chi connectivity index (χ3n) is 3.43. The van der Waals surface area contributed by atoms with Crippen molar-refractivity contribution < 1.29 is 9.18 Å². The molecule has 0 heterocycles. The Hall–Kier alpha value is -1.96. The van der Waals surface area contributed by atoms with E-state index in [2.05, 4.69) is 26.0 Å². The molecule has 0 aliphatic heterocycles. The highest BCUT2D eigenvalue weighted by molar-refractivity contribution is 5.77. The van der Waals surface area contributed by atoms with Crippen LogP contribution in [0.3, 0.4) is 0 Å². The summed E-state index contributed by atoms with van der Waals surface area (Å²) in [4.78, 5) is 10.6. The van der Waals surface area contributed by atoms with E-state index in [-0.39, 0.29) is 5.56 Å². The van der Waals surface area contributed by atoms with E-state index in [9.17, 15) is 9.18 Å². The van der Waals surface area contributed by atoms with E-state index in [1.54, 1.807) is 6.07 Å². The second-order valence-corrected chi connectivity index (χ2v) is 4.54. The molecule has 0 N–H and O–H groups in total. The molecule has 2 rings (SSSR count). The molecule has 0 radical (unpaired) electrons. The maximum absolute atomic E-state index is 13.6. The number of rotatable bonds is 4. The minimum Gasteiger partial charge on any atom is -0.298 e. The Balaban J connectivity index is 2.47. The molecule has 2 aromatic carbocycles. The first kappa shape index (κ1) is 13.5. The van der Waals surface area contributed by atoms with Crippen LogP contribution >= 0.6 is 0 Å². The molecule has 0 spiro atoms. The monoisotopic (exact) mass is 256 g/mol. The largest absolute Gasteiger partial charge is 0.298 e. The number of benzene rings is 2. The number of halogens is 1. The molecule has 0 aliphatic carbocycles. The number of hydrogen-bond donors (Lipinski definition) is 0. The summed E-state index contributed by atoms with van der Waals surface area (Å²) in [5.74, 6) is -0.467. The Morgan fingerprint density at radius 3 is 2.16 bits per heavy atom. The molecule has 0 atom stereocenters. The molecule has 98 valence electrons. The van der Waals surface area contributed by atoms with E-state index in [1.165, 1.54) is 23.3 Å². The van der Waals surface area contributed by atoms with E-state index < -0.39 is 5.82 Å². The van der Waals surface area contributed by atoms with Crippen LogP contribution in [-0.4, -0.2) is 6.29 Å². The van der Waals surface area contributed by atoms with Gasteiger partial charge >= 0.3 is 0 Å². The standard InChI is InChI=1S/C17H17FO/c1-3-12-5-6-14(9-13(12)4-2)15-7-8-16(11-19)17(18)10-15/h5-11H,3-4H2,1-2H3. The summed E-state index contributed by atoms with van der Waals surface area (Å²) in [6.07, 6.45) is 2.50. The lowest BCUT2D eigenvalue weighted by Crippen LogP contribution is -1.93. The molecule has 0 saturated carbocycles. The fraction of sp³-hybridized carbons (Fsp3) is 0.235. The first-order valence-corrected chi connectivity index (χ1v) is 6.56. The van der Waals surface area contributed by atoms with Crippen LogP contribution in [0.5, 0.6) is 0 Å². The fourth-order valence-electron chi connectivity index (χ4n) is 2.28. The minimum atomic E-state index is -0.467. The summed E-state index contributed by atoms with van der Waals surface area (Å²) in [6, 6.07) is 10.9. The number of carbonyl (C=O) groups excluding carboxylic acids is 1. The normalized spacial score (nSPS) is 10.5. The average Bonchev–Trinajstić information content (AvgIpc) is 2.46. The van der Waals surface area contributed by atoms with Gasteiger partial charge in [-0.2, -0.15) is 0 Å². The van der Waals surface area contributed by atoms with Crippen molar-refractivity contribution in [2.24, 2.45) is 0 Å². The number of aryl methyl sites for hydroxylation is 2. The predicted octanol–water partition coefficient (Wildman–Crippen LogP) is 4.43. The Morgan fingerprint density at radius 1 is 0.947 bits per heavy atom. The van der Waals surface area contributed by atoms with Gasteiger partial charge < -0.3 is 0 Å². The van der Waals surface area contributed by atoms with Crippen LogP contribution in [0.4, 0.5) is 4.39 Å². The zero-order chi connectivity index (χ0) is 13.8. The van der Waals surface area contributed by atoms with Crippen LogP contribution in [0.25, 0.3) is 11.1 Å². The highest BCUT2D eigenvalue weighted by Gasteiger charge is 2.06. The molecule has 0 aromatic heterocycles. The van der Waals surface area contributed by atoms with Crippen molar-refractivity contribution in [3.63, 3.8) is 0 Å². The zero-order valence-corrected chi connectivity index (χ0v) is 11.2. The Labute approximate surface area is 113 Å². The van der Waals surface area contributed by atoms with Crippen LogP contribution in [0.1, 0.15) is 35.3 Å². The van der Waals surface area contributed by atoms with Gasteiger partial charge in [-0.15, -0.1) is 0 Å². The van der Waals surface area contributed by atoms with E-state index in [4.69, 9.17) is 0 Å². The highest BCUT2D eigenvalue weighted by Crippen LogP contribution is 2.25. The van der Waals surface area contributed by atoms with Gasteiger partial charge in [-0.05, 0) is 47.2 Å². The van der Waals surface area contributed by atoms with Crippen LogP contribution in [0, 0.1) is 5.82 Å². The Morgan fingerprint density at radius 2 is 1.58 bits per heavy atom. The topological polar surface area (TPSA) is 17.1 Å². The highest BCUT2D eigenvalue weighted by atomic mass is 19.1. The van der Waals surface area contributed by atoms with E-state index in [0.29, 0.717) is 6.29 Å². The van der Waals surface area contributed by atoms with Gasteiger partial charge in [0.1, 0.15) is 5.82 Å². The van der Waals surface area contributed by atoms with E-state index in [0.717, 1.165) is 24.0 Å². The molecular weight excluding hydrogens is 239 g/mol. The van der Waals surface area contributed by atoms with Crippen molar-refractivity contribution in [1.82, 2.24) is 0 Å². The average molecular weight is 256 g/mol. The van der Waals surface area contributed by atoms with Gasteiger partial charge in [0.15, 0.2) is 6.29 Å². The number of hydrogen-bond acceptors (Lipinski definition) is 1. The Bertz CT molecular complexity index is 602. The van der Waals surface area contributed by atoms with Gasteiger partial charge in [0.25, 0.3) is 0 Å². The first-order valence-electron chi connectivity index (χ1n) is 6.56. The van der Waals surface area contributed by atoms with Crippen LogP contribution in [0.15, 0.2) is 36.4 Å². The zero-order valence-electron chi connectivity index (χ0n) is 11.2. The summed E-state index contributed by atoms with van der Waals surface area (Å²) in [5.41, 5.74) is 4.52. The van der Waals surface area contributed by atoms with Gasteiger partial charge in [0, 0.05) is 0 Å². The molecular formula is C17H17FO. The SMILES string of the molecule is CCc1ccc(-c2ccc(C=O)c(F)c2)cc1CC. The lowest BCUT2D eigenvalue weighted by Gasteiger charge is -2.09. The maximum atomic E-state index is 13.6. The molecule has 0 bridgehead atoms. The summed E-state index contributed by atoms with van der Waals surface area (Å²) < 4.78 is 13.6. The van der Waals surface area contributed by atoms with Gasteiger partial charge in [-0.3, -0.25) is 4.79 Å². The molecule has 19 heavy (non-hydrogen) atoms. The van der Waals surface area contributed by atoms with Crippen molar-refractivity contribution >= 4 is 6.29 Å². The minimum absolute atomic E-state index is 0.102. The summed E-state index contributed by atoms with van der Waals surface area (Å²) in [6.45, 7) is 4.25. The van der Waals surface area contributed by atoms with Crippen molar-refractivity contribution in [3.05, 3.63) is 58.9 Å². The van der Waals surface area contributed by atoms with E-state index >= 15 is 0 Å². The summed E-state index contributed by atoms with van der Waals surface area (Å²) >= 11 is 0.